The minimum absolute atomic E-state index is 0.137. The zero-order valence-electron chi connectivity index (χ0n) is 10.8. The lowest BCUT2D eigenvalue weighted by Gasteiger charge is -2.12. The Balaban J connectivity index is 2.11. The average Bonchev–Trinajstić information content (AvgIpc) is 2.95. The van der Waals surface area contributed by atoms with Gasteiger partial charge in [0.25, 0.3) is 5.56 Å². The highest BCUT2D eigenvalue weighted by atomic mass is 127. The largest absolute Gasteiger partial charge is 0.306 e. The molecule has 1 aromatic heterocycles. The highest BCUT2D eigenvalue weighted by Crippen LogP contribution is 2.34. The zero-order valence-corrected chi connectivity index (χ0v) is 13.0. The molecule has 104 valence electrons. The Morgan fingerprint density at radius 1 is 1.30 bits per heavy atom. The Morgan fingerprint density at radius 2 is 2.05 bits per heavy atom. The Kier molecular flexibility index (Phi) is 3.87. The molecule has 1 heterocycles. The second kappa shape index (κ2) is 5.63. The van der Waals surface area contributed by atoms with Crippen molar-refractivity contribution in [3.05, 3.63) is 49.7 Å². The third-order valence-electron chi connectivity index (χ3n) is 3.73. The predicted molar refractivity (Wildman–Crippen MR) is 84.2 cm³/mol. The van der Waals surface area contributed by atoms with Crippen molar-refractivity contribution >= 4 is 22.6 Å². The maximum absolute atomic E-state index is 13.3. The molecule has 1 aromatic carbocycles. The molecule has 20 heavy (non-hydrogen) atoms. The van der Waals surface area contributed by atoms with E-state index in [-0.39, 0.29) is 11.4 Å². The van der Waals surface area contributed by atoms with Crippen LogP contribution < -0.4 is 5.56 Å². The minimum atomic E-state index is -0.328. The molecule has 0 spiro atoms. The quantitative estimate of drug-likeness (QED) is 0.800. The Bertz CT molecular complexity index is 693. The molecule has 2 aromatic rings. The van der Waals surface area contributed by atoms with Crippen LogP contribution in [0.15, 0.2) is 29.1 Å². The van der Waals surface area contributed by atoms with Gasteiger partial charge in [-0.1, -0.05) is 25.0 Å². The van der Waals surface area contributed by atoms with Crippen LogP contribution in [0.1, 0.15) is 37.3 Å². The molecule has 1 saturated carbocycles. The number of halogens is 2. The molecule has 1 N–H and O–H groups in total. The lowest BCUT2D eigenvalue weighted by Crippen LogP contribution is -2.18. The van der Waals surface area contributed by atoms with Crippen LogP contribution in [0.5, 0.6) is 0 Å². The van der Waals surface area contributed by atoms with Gasteiger partial charge in [0.05, 0.1) is 9.26 Å². The van der Waals surface area contributed by atoms with Crippen molar-refractivity contribution in [2.45, 2.75) is 31.6 Å². The number of nitrogens with one attached hydrogen (secondary N) is 1. The topological polar surface area (TPSA) is 45.8 Å². The summed E-state index contributed by atoms with van der Waals surface area (Å²) in [6, 6.07) is 6.15. The van der Waals surface area contributed by atoms with Gasteiger partial charge in [0.2, 0.25) is 0 Å². The number of rotatable bonds is 2. The van der Waals surface area contributed by atoms with Crippen LogP contribution in [0.2, 0.25) is 0 Å². The van der Waals surface area contributed by atoms with E-state index in [1.54, 1.807) is 12.1 Å². The number of hydrogen-bond acceptors (Lipinski definition) is 2. The fourth-order valence-corrected chi connectivity index (χ4v) is 3.41. The third kappa shape index (κ3) is 2.63. The van der Waals surface area contributed by atoms with Crippen LogP contribution in [0.4, 0.5) is 4.39 Å². The van der Waals surface area contributed by atoms with Crippen LogP contribution in [0, 0.1) is 9.39 Å². The summed E-state index contributed by atoms with van der Waals surface area (Å²) in [5.74, 6) is 0.486. The number of nitrogens with zero attached hydrogens (tertiary/aromatic N) is 1. The highest BCUT2D eigenvalue weighted by Gasteiger charge is 2.23. The monoisotopic (exact) mass is 384 g/mol. The molecular formula is C15H14FIN2O. The van der Waals surface area contributed by atoms with Gasteiger partial charge in [0.1, 0.15) is 11.6 Å². The van der Waals surface area contributed by atoms with E-state index in [2.05, 4.69) is 32.6 Å². The van der Waals surface area contributed by atoms with Gasteiger partial charge < -0.3 is 4.98 Å². The number of H-pyrrole nitrogens is 1. The Hall–Kier alpha value is -1.24. The standard InChI is InChI=1S/C15H14FIN2O/c16-11-7-3-6-10(8-11)14-18-13(9-4-1-2-5-9)12(17)15(20)19-14/h3,6-9H,1-2,4-5H2,(H,18,19,20). The van der Waals surface area contributed by atoms with Crippen LogP contribution >= 0.6 is 22.6 Å². The van der Waals surface area contributed by atoms with Crippen LogP contribution in [-0.2, 0) is 0 Å². The average molecular weight is 384 g/mol. The molecule has 1 aliphatic rings. The first kappa shape index (κ1) is 13.7. The lowest BCUT2D eigenvalue weighted by molar-refractivity contribution is 0.628. The first-order valence-electron chi connectivity index (χ1n) is 6.71. The van der Waals surface area contributed by atoms with Gasteiger partial charge in [0.15, 0.2) is 0 Å². The van der Waals surface area contributed by atoms with Crippen molar-refractivity contribution in [1.82, 2.24) is 9.97 Å². The second-order valence-electron chi connectivity index (χ2n) is 5.11. The van der Waals surface area contributed by atoms with E-state index in [1.807, 2.05) is 0 Å². The summed E-state index contributed by atoms with van der Waals surface area (Å²) in [4.78, 5) is 19.4. The van der Waals surface area contributed by atoms with Crippen LogP contribution in [-0.4, -0.2) is 9.97 Å². The van der Waals surface area contributed by atoms with Gasteiger partial charge in [-0.15, -0.1) is 0 Å². The van der Waals surface area contributed by atoms with Crippen LogP contribution in [0.3, 0.4) is 0 Å². The van der Waals surface area contributed by atoms with E-state index in [0.717, 1.165) is 18.5 Å². The summed E-state index contributed by atoms with van der Waals surface area (Å²) in [7, 11) is 0. The molecule has 0 amide bonds. The summed E-state index contributed by atoms with van der Waals surface area (Å²) in [6.07, 6.45) is 4.53. The van der Waals surface area contributed by atoms with Gasteiger partial charge in [-0.25, -0.2) is 9.37 Å². The number of aromatic amines is 1. The molecule has 0 radical (unpaired) electrons. The third-order valence-corrected chi connectivity index (χ3v) is 4.77. The van der Waals surface area contributed by atoms with Crippen molar-refractivity contribution in [3.63, 3.8) is 0 Å². The van der Waals surface area contributed by atoms with E-state index in [9.17, 15) is 9.18 Å². The first-order valence-corrected chi connectivity index (χ1v) is 7.78. The molecule has 0 saturated heterocycles. The molecule has 0 aliphatic heterocycles. The van der Waals surface area contributed by atoms with E-state index < -0.39 is 0 Å². The molecule has 1 fully saturated rings. The lowest BCUT2D eigenvalue weighted by atomic mass is 10.0. The van der Waals surface area contributed by atoms with E-state index in [1.165, 1.54) is 25.0 Å². The van der Waals surface area contributed by atoms with Crippen molar-refractivity contribution in [3.8, 4) is 11.4 Å². The maximum atomic E-state index is 13.3. The van der Waals surface area contributed by atoms with Crippen molar-refractivity contribution in [1.29, 1.82) is 0 Å². The van der Waals surface area contributed by atoms with E-state index >= 15 is 0 Å². The molecule has 1 aliphatic carbocycles. The molecule has 3 nitrogen and oxygen atoms in total. The van der Waals surface area contributed by atoms with Gasteiger partial charge in [0, 0.05) is 11.5 Å². The Labute approximate surface area is 129 Å². The fraction of sp³-hybridized carbons (Fsp3) is 0.333. The van der Waals surface area contributed by atoms with Crippen LogP contribution in [0.25, 0.3) is 11.4 Å². The van der Waals surface area contributed by atoms with Gasteiger partial charge >= 0.3 is 0 Å². The molecule has 0 bridgehead atoms. The summed E-state index contributed by atoms with van der Waals surface area (Å²) < 4.78 is 14.0. The summed E-state index contributed by atoms with van der Waals surface area (Å²) in [5.41, 5.74) is 1.34. The Morgan fingerprint density at radius 3 is 2.75 bits per heavy atom. The normalized spacial score (nSPS) is 15.7. The number of hydrogen-bond donors (Lipinski definition) is 1. The van der Waals surface area contributed by atoms with E-state index in [0.29, 0.717) is 20.9 Å². The fourth-order valence-electron chi connectivity index (χ4n) is 2.72. The predicted octanol–water partition coefficient (Wildman–Crippen LogP) is 3.84. The van der Waals surface area contributed by atoms with Crippen molar-refractivity contribution < 1.29 is 4.39 Å². The first-order chi connectivity index (χ1) is 9.65. The van der Waals surface area contributed by atoms with E-state index in [4.69, 9.17) is 0 Å². The smallest absolute Gasteiger partial charge is 0.264 e. The molecule has 0 atom stereocenters. The summed E-state index contributed by atoms with van der Waals surface area (Å²) in [5, 5.41) is 0. The minimum Gasteiger partial charge on any atom is -0.306 e. The van der Waals surface area contributed by atoms with Gasteiger partial charge in [-0.2, -0.15) is 0 Å². The number of benzene rings is 1. The molecule has 5 heteroatoms. The maximum Gasteiger partial charge on any atom is 0.264 e. The molecule has 3 rings (SSSR count). The zero-order chi connectivity index (χ0) is 14.1. The summed E-state index contributed by atoms with van der Waals surface area (Å²) >= 11 is 2.06. The SMILES string of the molecule is O=c1[nH]c(-c2cccc(F)c2)nc(C2CCCC2)c1I. The highest BCUT2D eigenvalue weighted by molar-refractivity contribution is 14.1. The number of aromatic nitrogens is 2. The van der Waals surface area contributed by atoms with Gasteiger partial charge in [-0.3, -0.25) is 4.79 Å². The van der Waals surface area contributed by atoms with Crippen molar-refractivity contribution in [2.75, 3.05) is 0 Å². The molecular weight excluding hydrogens is 370 g/mol. The molecule has 0 unspecified atom stereocenters. The summed E-state index contributed by atoms with van der Waals surface area (Å²) in [6.45, 7) is 0. The van der Waals surface area contributed by atoms with Gasteiger partial charge in [-0.05, 0) is 47.6 Å². The second-order valence-corrected chi connectivity index (χ2v) is 6.18. The van der Waals surface area contributed by atoms with Crippen molar-refractivity contribution in [2.24, 2.45) is 0 Å².